The Labute approximate surface area is 153 Å². The second-order valence-electron chi connectivity index (χ2n) is 7.58. The van der Waals surface area contributed by atoms with Gasteiger partial charge in [0.15, 0.2) is 8.32 Å². The zero-order chi connectivity index (χ0) is 18.4. The van der Waals surface area contributed by atoms with E-state index in [1.165, 1.54) is 70.1 Å². The zero-order valence-electron chi connectivity index (χ0n) is 17.7. The molecule has 0 rings (SSSR count). The highest BCUT2D eigenvalue weighted by Gasteiger charge is 2.29. The van der Waals surface area contributed by atoms with Crippen molar-refractivity contribution in [2.24, 2.45) is 0 Å². The van der Waals surface area contributed by atoms with Gasteiger partial charge < -0.3 is 19.1 Å². The highest BCUT2D eigenvalue weighted by atomic mass is 28.4. The van der Waals surface area contributed by atoms with Crippen molar-refractivity contribution in [2.45, 2.75) is 58.2 Å². The average molecular weight is 360 g/mol. The van der Waals surface area contributed by atoms with E-state index in [0.29, 0.717) is 0 Å². The molecule has 0 saturated carbocycles. The average Bonchev–Trinajstić information content (AvgIpc) is 2.52. The first-order chi connectivity index (χ1) is 11.4. The second kappa shape index (κ2) is 14.2. The number of nitrogens with zero attached hydrogens (tertiary/aromatic N) is 3. The maximum atomic E-state index is 6.24. The molecule has 0 radical (unpaired) electrons. The molecule has 0 aromatic rings. The summed E-state index contributed by atoms with van der Waals surface area (Å²) < 4.78 is 6.24. The number of rotatable bonds is 16. The van der Waals surface area contributed by atoms with Gasteiger partial charge in [-0.25, -0.2) is 0 Å². The normalized spacial score (nSPS) is 12.8. The van der Waals surface area contributed by atoms with Gasteiger partial charge in [0.05, 0.1) is 0 Å². The molecule has 0 N–H and O–H groups in total. The Kier molecular flexibility index (Phi) is 14.3. The summed E-state index contributed by atoms with van der Waals surface area (Å²) in [6.45, 7) is 13.8. The van der Waals surface area contributed by atoms with Gasteiger partial charge in [-0.15, -0.1) is 0 Å². The first kappa shape index (κ1) is 24.1. The minimum atomic E-state index is -1.45. The van der Waals surface area contributed by atoms with E-state index in [9.17, 15) is 0 Å². The molecule has 0 unspecified atom stereocenters. The van der Waals surface area contributed by atoms with Gasteiger partial charge in [0.2, 0.25) is 0 Å². The van der Waals surface area contributed by atoms with E-state index < -0.39 is 8.32 Å². The Balaban J connectivity index is 4.34. The lowest BCUT2D eigenvalue weighted by Crippen LogP contribution is -2.38. The standard InChI is InChI=1S/C19H45N3OSi/c1-8-23-24(9-2,10-3)19-13-18-22(16-11-14-20(4)5)17-12-15-21(6)7/h8-19H2,1-7H3. The topological polar surface area (TPSA) is 19.0 Å². The van der Waals surface area contributed by atoms with Crippen molar-refractivity contribution in [1.82, 2.24) is 14.7 Å². The first-order valence-electron chi connectivity index (χ1n) is 10.0. The molecule has 24 heavy (non-hydrogen) atoms. The molecule has 0 bridgehead atoms. The largest absolute Gasteiger partial charge is 0.417 e. The van der Waals surface area contributed by atoms with Crippen molar-refractivity contribution in [1.29, 1.82) is 0 Å². The van der Waals surface area contributed by atoms with Gasteiger partial charge in [0.1, 0.15) is 0 Å². The minimum absolute atomic E-state index is 0.892. The summed E-state index contributed by atoms with van der Waals surface area (Å²) in [7, 11) is 7.22. The van der Waals surface area contributed by atoms with Gasteiger partial charge in [-0.1, -0.05) is 13.8 Å². The van der Waals surface area contributed by atoms with Crippen LogP contribution >= 0.6 is 0 Å². The summed E-state index contributed by atoms with van der Waals surface area (Å²) in [5.41, 5.74) is 0. The SMILES string of the molecule is CCO[Si](CC)(CC)CCCN(CCCN(C)C)CCCN(C)C. The Bertz CT molecular complexity index is 270. The molecule has 0 aliphatic heterocycles. The van der Waals surface area contributed by atoms with Gasteiger partial charge in [-0.05, 0) is 105 Å². The van der Waals surface area contributed by atoms with Crippen LogP contribution in [0.4, 0.5) is 0 Å². The maximum Gasteiger partial charge on any atom is 0.192 e. The van der Waals surface area contributed by atoms with Crippen LogP contribution in [-0.2, 0) is 4.43 Å². The third-order valence-corrected chi connectivity index (χ3v) is 9.75. The fourth-order valence-electron chi connectivity index (χ4n) is 3.37. The maximum absolute atomic E-state index is 6.24. The molecule has 146 valence electrons. The summed E-state index contributed by atoms with van der Waals surface area (Å²) in [5, 5.41) is 0. The van der Waals surface area contributed by atoms with Gasteiger partial charge in [-0.3, -0.25) is 0 Å². The molecule has 0 fully saturated rings. The van der Waals surface area contributed by atoms with Crippen molar-refractivity contribution < 1.29 is 4.43 Å². The molecule has 0 heterocycles. The van der Waals surface area contributed by atoms with Crippen LogP contribution in [0.5, 0.6) is 0 Å². The molecule has 0 saturated heterocycles. The third-order valence-electron chi connectivity index (χ3n) is 5.01. The van der Waals surface area contributed by atoms with Crippen molar-refractivity contribution >= 4 is 8.32 Å². The summed E-state index contributed by atoms with van der Waals surface area (Å²) >= 11 is 0. The lowest BCUT2D eigenvalue weighted by molar-refractivity contribution is 0.238. The zero-order valence-corrected chi connectivity index (χ0v) is 18.7. The predicted octanol–water partition coefficient (Wildman–Crippen LogP) is 3.60. The van der Waals surface area contributed by atoms with Crippen LogP contribution in [0.1, 0.15) is 40.0 Å². The summed E-state index contributed by atoms with van der Waals surface area (Å²) in [5.74, 6) is 0. The highest BCUT2D eigenvalue weighted by Crippen LogP contribution is 2.24. The lowest BCUT2D eigenvalue weighted by Gasteiger charge is -2.30. The molecular weight excluding hydrogens is 314 g/mol. The van der Waals surface area contributed by atoms with Gasteiger partial charge >= 0.3 is 0 Å². The number of hydrogen-bond donors (Lipinski definition) is 0. The van der Waals surface area contributed by atoms with Crippen LogP contribution in [-0.4, -0.2) is 90.5 Å². The Morgan fingerprint density at radius 1 is 0.667 bits per heavy atom. The monoisotopic (exact) mass is 359 g/mol. The Morgan fingerprint density at radius 2 is 1.12 bits per heavy atom. The van der Waals surface area contributed by atoms with Gasteiger partial charge in [-0.2, -0.15) is 0 Å². The van der Waals surface area contributed by atoms with Crippen molar-refractivity contribution in [3.8, 4) is 0 Å². The summed E-state index contributed by atoms with van der Waals surface area (Å²) in [6, 6.07) is 3.85. The summed E-state index contributed by atoms with van der Waals surface area (Å²) in [4.78, 5) is 7.27. The van der Waals surface area contributed by atoms with E-state index >= 15 is 0 Å². The molecular formula is C19H45N3OSi. The highest BCUT2D eigenvalue weighted by molar-refractivity contribution is 6.73. The van der Waals surface area contributed by atoms with Crippen molar-refractivity contribution in [2.75, 3.05) is 67.5 Å². The van der Waals surface area contributed by atoms with E-state index in [0.717, 1.165) is 6.61 Å². The van der Waals surface area contributed by atoms with Crippen LogP contribution < -0.4 is 0 Å². The Morgan fingerprint density at radius 3 is 1.50 bits per heavy atom. The van der Waals surface area contributed by atoms with Crippen molar-refractivity contribution in [3.05, 3.63) is 0 Å². The van der Waals surface area contributed by atoms with Gasteiger partial charge in [0, 0.05) is 6.61 Å². The third kappa shape index (κ3) is 11.6. The smallest absolute Gasteiger partial charge is 0.192 e. The molecule has 0 aromatic carbocycles. The predicted molar refractivity (Wildman–Crippen MR) is 111 cm³/mol. The molecule has 5 heteroatoms. The molecule has 4 nitrogen and oxygen atoms in total. The molecule has 0 aromatic heterocycles. The fraction of sp³-hybridized carbons (Fsp3) is 1.00. The van der Waals surface area contributed by atoms with E-state index in [4.69, 9.17) is 4.43 Å². The lowest BCUT2D eigenvalue weighted by atomic mass is 10.3. The second-order valence-corrected chi connectivity index (χ2v) is 12.2. The van der Waals surface area contributed by atoms with Crippen LogP contribution in [0.3, 0.4) is 0 Å². The molecule has 0 aliphatic carbocycles. The van der Waals surface area contributed by atoms with Crippen LogP contribution in [0.15, 0.2) is 0 Å². The van der Waals surface area contributed by atoms with Crippen molar-refractivity contribution in [3.63, 3.8) is 0 Å². The van der Waals surface area contributed by atoms with Crippen LogP contribution in [0.2, 0.25) is 18.1 Å². The quantitative estimate of drug-likeness (QED) is 0.392. The fourth-order valence-corrected chi connectivity index (χ4v) is 6.54. The molecule has 0 atom stereocenters. The Hall–Kier alpha value is 0.0569. The van der Waals surface area contributed by atoms with Gasteiger partial charge in [0.25, 0.3) is 0 Å². The van der Waals surface area contributed by atoms with Crippen LogP contribution in [0.25, 0.3) is 0 Å². The van der Waals surface area contributed by atoms with Crippen LogP contribution in [0, 0.1) is 0 Å². The van der Waals surface area contributed by atoms with E-state index in [1.807, 2.05) is 0 Å². The summed E-state index contributed by atoms with van der Waals surface area (Å²) in [6.07, 6.45) is 3.84. The van der Waals surface area contributed by atoms with E-state index in [-0.39, 0.29) is 0 Å². The molecule has 0 aliphatic rings. The minimum Gasteiger partial charge on any atom is -0.417 e. The molecule has 0 spiro atoms. The van der Waals surface area contributed by atoms with E-state index in [2.05, 4.69) is 63.7 Å². The number of hydrogen-bond acceptors (Lipinski definition) is 4. The van der Waals surface area contributed by atoms with E-state index in [1.54, 1.807) is 0 Å². The molecule has 0 amide bonds. The first-order valence-corrected chi connectivity index (χ1v) is 12.6.